The minimum absolute atomic E-state index is 0.0615. The first-order valence-corrected chi connectivity index (χ1v) is 7.57. The number of nitrogens with zero attached hydrogens (tertiary/aromatic N) is 2. The van der Waals surface area contributed by atoms with E-state index < -0.39 is 0 Å². The van der Waals surface area contributed by atoms with Gasteiger partial charge in [-0.3, -0.25) is 0 Å². The molecule has 0 aliphatic heterocycles. The van der Waals surface area contributed by atoms with Crippen molar-refractivity contribution < 1.29 is 0 Å². The molecular weight excluding hydrogens is 312 g/mol. The average molecular weight is 328 g/mol. The number of benzene rings is 1. The van der Waals surface area contributed by atoms with Gasteiger partial charge in [0.05, 0.1) is 16.4 Å². The summed E-state index contributed by atoms with van der Waals surface area (Å²) >= 11 is 9.86. The van der Waals surface area contributed by atoms with Crippen LogP contribution in [0.4, 0.5) is 0 Å². The quantitative estimate of drug-likeness (QED) is 0.710. The van der Waals surface area contributed by atoms with Gasteiger partial charge in [0, 0.05) is 10.0 Å². The molecule has 1 aromatic heterocycles. The van der Waals surface area contributed by atoms with Gasteiger partial charge in [0.2, 0.25) is 0 Å². The van der Waals surface area contributed by atoms with Crippen LogP contribution in [0.1, 0.15) is 44.3 Å². The molecule has 1 fully saturated rings. The van der Waals surface area contributed by atoms with Crippen molar-refractivity contribution >= 4 is 38.6 Å². The Morgan fingerprint density at radius 3 is 2.72 bits per heavy atom. The van der Waals surface area contributed by atoms with Crippen molar-refractivity contribution in [2.24, 2.45) is 0 Å². The second-order valence-electron chi connectivity index (χ2n) is 5.40. The van der Waals surface area contributed by atoms with Crippen LogP contribution in [0.25, 0.3) is 11.0 Å². The molecule has 0 N–H and O–H groups in total. The van der Waals surface area contributed by atoms with Crippen LogP contribution in [0.15, 0.2) is 22.7 Å². The standard InChI is InChI=1S/C14H16BrClN2/c1-9(16)13-17-11-5-4-10(15)8-12(11)18(13)14(2)6-3-7-14/h4-5,8-9H,3,6-7H2,1-2H3. The predicted octanol–water partition coefficient (Wildman–Crippen LogP) is 5.00. The van der Waals surface area contributed by atoms with Gasteiger partial charge in [-0.1, -0.05) is 15.9 Å². The molecule has 2 aromatic rings. The van der Waals surface area contributed by atoms with Gasteiger partial charge < -0.3 is 4.57 Å². The summed E-state index contributed by atoms with van der Waals surface area (Å²) in [5.41, 5.74) is 2.41. The van der Waals surface area contributed by atoms with Gasteiger partial charge in [-0.15, -0.1) is 11.6 Å². The zero-order chi connectivity index (χ0) is 12.9. The van der Waals surface area contributed by atoms with Crippen LogP contribution >= 0.6 is 27.5 Å². The van der Waals surface area contributed by atoms with Crippen molar-refractivity contribution in [3.8, 4) is 0 Å². The number of alkyl halides is 1. The summed E-state index contributed by atoms with van der Waals surface area (Å²) in [4.78, 5) is 4.71. The Morgan fingerprint density at radius 1 is 1.44 bits per heavy atom. The largest absolute Gasteiger partial charge is 0.321 e. The molecule has 1 heterocycles. The van der Waals surface area contributed by atoms with Crippen LogP contribution in [0, 0.1) is 0 Å². The minimum Gasteiger partial charge on any atom is -0.321 e. The molecule has 0 spiro atoms. The van der Waals surface area contributed by atoms with E-state index in [-0.39, 0.29) is 10.9 Å². The molecule has 1 aromatic carbocycles. The number of hydrogen-bond donors (Lipinski definition) is 0. The zero-order valence-corrected chi connectivity index (χ0v) is 12.9. The lowest BCUT2D eigenvalue weighted by atomic mass is 9.78. The van der Waals surface area contributed by atoms with Crippen LogP contribution in [-0.4, -0.2) is 9.55 Å². The number of rotatable bonds is 2. The molecule has 1 atom stereocenters. The lowest BCUT2D eigenvalue weighted by molar-refractivity contribution is 0.169. The highest BCUT2D eigenvalue weighted by Crippen LogP contribution is 2.43. The number of aromatic nitrogens is 2. The van der Waals surface area contributed by atoms with Gasteiger partial charge in [-0.25, -0.2) is 4.98 Å². The fourth-order valence-electron chi connectivity index (χ4n) is 2.81. The van der Waals surface area contributed by atoms with Gasteiger partial charge in [-0.2, -0.15) is 0 Å². The van der Waals surface area contributed by atoms with Crippen LogP contribution in [0.2, 0.25) is 0 Å². The van der Waals surface area contributed by atoms with Gasteiger partial charge in [0.15, 0.2) is 0 Å². The van der Waals surface area contributed by atoms with Crippen molar-refractivity contribution in [2.45, 2.75) is 44.0 Å². The maximum absolute atomic E-state index is 6.31. The summed E-state index contributed by atoms with van der Waals surface area (Å²) in [7, 11) is 0. The molecule has 1 aliphatic rings. The maximum atomic E-state index is 6.31. The highest BCUT2D eigenvalue weighted by molar-refractivity contribution is 9.10. The van der Waals surface area contributed by atoms with E-state index in [0.717, 1.165) is 15.8 Å². The van der Waals surface area contributed by atoms with E-state index in [9.17, 15) is 0 Å². The van der Waals surface area contributed by atoms with E-state index in [4.69, 9.17) is 16.6 Å². The van der Waals surface area contributed by atoms with Crippen LogP contribution < -0.4 is 0 Å². The molecule has 1 unspecified atom stereocenters. The minimum atomic E-state index is -0.0615. The summed E-state index contributed by atoms with van der Waals surface area (Å²) in [5, 5.41) is -0.0615. The average Bonchev–Trinajstić information content (AvgIpc) is 2.65. The monoisotopic (exact) mass is 326 g/mol. The Hall–Kier alpha value is -0.540. The summed E-state index contributed by atoms with van der Waals surface area (Å²) < 4.78 is 3.45. The predicted molar refractivity (Wildman–Crippen MR) is 79.2 cm³/mol. The summed E-state index contributed by atoms with van der Waals surface area (Å²) in [6, 6.07) is 6.24. The Balaban J connectivity index is 2.30. The van der Waals surface area contributed by atoms with E-state index in [0.29, 0.717) is 0 Å². The first-order chi connectivity index (χ1) is 8.51. The molecule has 0 saturated heterocycles. The second-order valence-corrected chi connectivity index (χ2v) is 6.98. The van der Waals surface area contributed by atoms with E-state index in [2.05, 4.69) is 39.6 Å². The lowest BCUT2D eigenvalue weighted by Crippen LogP contribution is -2.38. The number of fused-ring (bicyclic) bond motifs is 1. The van der Waals surface area contributed by atoms with Gasteiger partial charge in [-0.05, 0) is 51.3 Å². The summed E-state index contributed by atoms with van der Waals surface area (Å²) in [5.74, 6) is 0.993. The molecule has 4 heteroatoms. The first-order valence-electron chi connectivity index (χ1n) is 6.34. The molecule has 1 aliphatic carbocycles. The third-order valence-corrected chi connectivity index (χ3v) is 4.66. The molecule has 0 amide bonds. The normalized spacial score (nSPS) is 19.8. The second kappa shape index (κ2) is 4.24. The topological polar surface area (TPSA) is 17.8 Å². The molecule has 18 heavy (non-hydrogen) atoms. The van der Waals surface area contributed by atoms with E-state index in [1.54, 1.807) is 0 Å². The van der Waals surface area contributed by atoms with E-state index in [1.807, 2.05) is 13.0 Å². The van der Waals surface area contributed by atoms with Crippen molar-refractivity contribution in [1.29, 1.82) is 0 Å². The van der Waals surface area contributed by atoms with Crippen molar-refractivity contribution in [1.82, 2.24) is 9.55 Å². The Morgan fingerprint density at radius 2 is 2.17 bits per heavy atom. The third-order valence-electron chi connectivity index (χ3n) is 3.97. The molecule has 96 valence electrons. The SMILES string of the molecule is CC(Cl)c1nc2ccc(Br)cc2n1C1(C)CCC1. The highest BCUT2D eigenvalue weighted by atomic mass is 79.9. The maximum Gasteiger partial charge on any atom is 0.128 e. The summed E-state index contributed by atoms with van der Waals surface area (Å²) in [6.45, 7) is 4.30. The third kappa shape index (κ3) is 1.79. The van der Waals surface area contributed by atoms with Crippen LogP contribution in [-0.2, 0) is 5.54 Å². The van der Waals surface area contributed by atoms with Gasteiger partial charge in [0.1, 0.15) is 5.82 Å². The number of hydrogen-bond acceptors (Lipinski definition) is 1. The van der Waals surface area contributed by atoms with E-state index in [1.165, 1.54) is 24.8 Å². The van der Waals surface area contributed by atoms with Gasteiger partial charge >= 0.3 is 0 Å². The van der Waals surface area contributed by atoms with Crippen molar-refractivity contribution in [3.63, 3.8) is 0 Å². The van der Waals surface area contributed by atoms with Crippen molar-refractivity contribution in [3.05, 3.63) is 28.5 Å². The van der Waals surface area contributed by atoms with Crippen LogP contribution in [0.5, 0.6) is 0 Å². The number of imidazole rings is 1. The molecule has 1 saturated carbocycles. The highest BCUT2D eigenvalue weighted by Gasteiger charge is 2.37. The van der Waals surface area contributed by atoms with Crippen molar-refractivity contribution in [2.75, 3.05) is 0 Å². The molecule has 0 radical (unpaired) electrons. The first kappa shape index (κ1) is 12.5. The fourth-order valence-corrected chi connectivity index (χ4v) is 3.31. The molecule has 2 nitrogen and oxygen atoms in total. The fraction of sp³-hybridized carbons (Fsp3) is 0.500. The van der Waals surface area contributed by atoms with Crippen LogP contribution in [0.3, 0.4) is 0 Å². The zero-order valence-electron chi connectivity index (χ0n) is 10.6. The smallest absolute Gasteiger partial charge is 0.128 e. The lowest BCUT2D eigenvalue weighted by Gasteiger charge is -2.41. The molecule has 0 bridgehead atoms. The Labute approximate surface area is 120 Å². The molecule has 3 rings (SSSR count). The summed E-state index contributed by atoms with van der Waals surface area (Å²) in [6.07, 6.45) is 3.71. The Bertz CT molecular complexity index is 599. The van der Waals surface area contributed by atoms with Gasteiger partial charge in [0.25, 0.3) is 0 Å². The van der Waals surface area contributed by atoms with E-state index >= 15 is 0 Å². The number of halogens is 2. The molecular formula is C14H16BrClN2. The Kier molecular flexibility index (Phi) is 2.94.